The fourth-order valence-corrected chi connectivity index (χ4v) is 2.86. The number of hydrogen-bond donors (Lipinski definition) is 1. The number of aromatic nitrogens is 1. The van der Waals surface area contributed by atoms with E-state index in [9.17, 15) is 8.42 Å². The summed E-state index contributed by atoms with van der Waals surface area (Å²) >= 11 is 0. The molecule has 0 unspecified atom stereocenters. The normalized spacial score (nSPS) is 11.1. The monoisotopic (exact) mass is 292 g/mol. The lowest BCUT2D eigenvalue weighted by atomic mass is 10.2. The molecule has 106 valence electrons. The molecule has 1 heterocycles. The van der Waals surface area contributed by atoms with Crippen molar-refractivity contribution < 1.29 is 13.2 Å². The van der Waals surface area contributed by atoms with Crippen LogP contribution in [0.4, 0.5) is 5.69 Å². The molecule has 0 atom stereocenters. The molecule has 0 aliphatic rings. The van der Waals surface area contributed by atoms with Crippen molar-refractivity contribution in [2.45, 2.75) is 12.7 Å². The van der Waals surface area contributed by atoms with Gasteiger partial charge < -0.3 is 4.74 Å². The zero-order valence-electron chi connectivity index (χ0n) is 11.3. The van der Waals surface area contributed by atoms with Gasteiger partial charge in [0.25, 0.3) is 0 Å². The van der Waals surface area contributed by atoms with Crippen molar-refractivity contribution in [3.8, 4) is 5.88 Å². The summed E-state index contributed by atoms with van der Waals surface area (Å²) in [4.78, 5) is 3.95. The molecule has 0 radical (unpaired) electrons. The zero-order valence-corrected chi connectivity index (χ0v) is 12.1. The maximum atomic E-state index is 12.0. The number of rotatable bonds is 5. The second kappa shape index (κ2) is 5.92. The SMILES string of the molecule is COc1ccc(NS(=O)(=O)Cc2ccc(C)cc2)cn1. The van der Waals surface area contributed by atoms with Crippen LogP contribution in [0.5, 0.6) is 5.88 Å². The number of benzene rings is 1. The first-order valence-corrected chi connectivity index (χ1v) is 7.70. The molecule has 0 saturated carbocycles. The molecule has 20 heavy (non-hydrogen) atoms. The van der Waals surface area contributed by atoms with E-state index in [0.29, 0.717) is 11.6 Å². The number of sulfonamides is 1. The van der Waals surface area contributed by atoms with Gasteiger partial charge in [-0.1, -0.05) is 29.8 Å². The summed E-state index contributed by atoms with van der Waals surface area (Å²) in [5.74, 6) is 0.366. The third-order valence-corrected chi connectivity index (χ3v) is 3.96. The van der Waals surface area contributed by atoms with Crippen molar-refractivity contribution in [2.75, 3.05) is 11.8 Å². The summed E-state index contributed by atoms with van der Waals surface area (Å²) in [6.07, 6.45) is 1.42. The number of anilines is 1. The van der Waals surface area contributed by atoms with E-state index in [1.54, 1.807) is 24.3 Å². The highest BCUT2D eigenvalue weighted by Crippen LogP contribution is 2.15. The standard InChI is InChI=1S/C14H16N2O3S/c1-11-3-5-12(6-4-11)10-20(17,18)16-13-7-8-14(19-2)15-9-13/h3-9,16H,10H2,1-2H3. The fourth-order valence-electron chi connectivity index (χ4n) is 1.68. The van der Waals surface area contributed by atoms with Gasteiger partial charge in [-0.05, 0) is 18.6 Å². The van der Waals surface area contributed by atoms with Crippen molar-refractivity contribution in [1.29, 1.82) is 0 Å². The van der Waals surface area contributed by atoms with Crippen molar-refractivity contribution in [3.63, 3.8) is 0 Å². The third-order valence-electron chi connectivity index (χ3n) is 2.70. The molecular weight excluding hydrogens is 276 g/mol. The van der Waals surface area contributed by atoms with Crippen LogP contribution < -0.4 is 9.46 Å². The van der Waals surface area contributed by atoms with Crippen LogP contribution in [0.2, 0.25) is 0 Å². The number of pyridine rings is 1. The Bertz CT molecular complexity index is 665. The first kappa shape index (κ1) is 14.3. The number of hydrogen-bond acceptors (Lipinski definition) is 4. The lowest BCUT2D eigenvalue weighted by Gasteiger charge is -2.08. The largest absolute Gasteiger partial charge is 0.481 e. The third kappa shape index (κ3) is 3.96. The van der Waals surface area contributed by atoms with Crippen molar-refractivity contribution in [3.05, 3.63) is 53.7 Å². The average Bonchev–Trinajstić information content (AvgIpc) is 2.41. The molecule has 0 aliphatic carbocycles. The minimum Gasteiger partial charge on any atom is -0.481 e. The van der Waals surface area contributed by atoms with Gasteiger partial charge in [0.2, 0.25) is 15.9 Å². The Morgan fingerprint density at radius 1 is 1.15 bits per heavy atom. The van der Waals surface area contributed by atoms with Crippen LogP contribution >= 0.6 is 0 Å². The lowest BCUT2D eigenvalue weighted by molar-refractivity contribution is 0.398. The predicted molar refractivity (Wildman–Crippen MR) is 78.2 cm³/mol. The van der Waals surface area contributed by atoms with Gasteiger partial charge in [-0.2, -0.15) is 0 Å². The van der Waals surface area contributed by atoms with Crippen LogP contribution in [0.1, 0.15) is 11.1 Å². The van der Waals surface area contributed by atoms with E-state index in [0.717, 1.165) is 11.1 Å². The van der Waals surface area contributed by atoms with Gasteiger partial charge in [-0.3, -0.25) is 4.72 Å². The maximum Gasteiger partial charge on any atom is 0.236 e. The lowest BCUT2D eigenvalue weighted by Crippen LogP contribution is -2.15. The first-order valence-electron chi connectivity index (χ1n) is 6.04. The van der Waals surface area contributed by atoms with Gasteiger partial charge in [-0.15, -0.1) is 0 Å². The highest BCUT2D eigenvalue weighted by molar-refractivity contribution is 7.91. The van der Waals surface area contributed by atoms with Gasteiger partial charge in [-0.25, -0.2) is 13.4 Å². The molecule has 2 rings (SSSR count). The molecule has 0 saturated heterocycles. The maximum absolute atomic E-state index is 12.0. The molecule has 6 heteroatoms. The van der Waals surface area contributed by atoms with E-state index < -0.39 is 10.0 Å². The number of ether oxygens (including phenoxy) is 1. The summed E-state index contributed by atoms with van der Waals surface area (Å²) < 4.78 is 31.5. The molecule has 5 nitrogen and oxygen atoms in total. The van der Waals surface area contributed by atoms with Crippen LogP contribution in [-0.4, -0.2) is 20.5 Å². The molecule has 0 amide bonds. The number of nitrogens with one attached hydrogen (secondary N) is 1. The Morgan fingerprint density at radius 2 is 1.85 bits per heavy atom. The molecule has 1 aromatic carbocycles. The molecule has 0 aliphatic heterocycles. The predicted octanol–water partition coefficient (Wildman–Crippen LogP) is 2.34. The molecule has 0 spiro atoms. The average molecular weight is 292 g/mol. The smallest absolute Gasteiger partial charge is 0.236 e. The zero-order chi connectivity index (χ0) is 14.6. The molecule has 2 aromatic rings. The summed E-state index contributed by atoms with van der Waals surface area (Å²) in [5.41, 5.74) is 2.25. The van der Waals surface area contributed by atoms with Crippen LogP contribution in [-0.2, 0) is 15.8 Å². The summed E-state index contributed by atoms with van der Waals surface area (Å²) in [5, 5.41) is 0. The number of aryl methyl sites for hydroxylation is 1. The van der Waals surface area contributed by atoms with Gasteiger partial charge in [0.15, 0.2) is 0 Å². The Hall–Kier alpha value is -2.08. The van der Waals surface area contributed by atoms with Crippen LogP contribution in [0.15, 0.2) is 42.6 Å². The molecule has 1 N–H and O–H groups in total. The van der Waals surface area contributed by atoms with Gasteiger partial charge in [0.05, 0.1) is 24.7 Å². The Morgan fingerprint density at radius 3 is 2.40 bits per heavy atom. The van der Waals surface area contributed by atoms with E-state index in [1.165, 1.54) is 13.3 Å². The van der Waals surface area contributed by atoms with Gasteiger partial charge in [0, 0.05) is 6.07 Å². The first-order chi connectivity index (χ1) is 9.48. The summed E-state index contributed by atoms with van der Waals surface area (Å²) in [6, 6.07) is 10.6. The number of methoxy groups -OCH3 is 1. The second-order valence-corrected chi connectivity index (χ2v) is 6.16. The Labute approximate surface area is 118 Å². The highest BCUT2D eigenvalue weighted by Gasteiger charge is 2.12. The molecular formula is C14H16N2O3S. The quantitative estimate of drug-likeness (QED) is 0.918. The summed E-state index contributed by atoms with van der Waals surface area (Å²) in [6.45, 7) is 1.96. The van der Waals surface area contributed by atoms with Crippen LogP contribution in [0.3, 0.4) is 0 Å². The van der Waals surface area contributed by atoms with Crippen molar-refractivity contribution in [1.82, 2.24) is 4.98 Å². The molecule has 0 fully saturated rings. The van der Waals surface area contributed by atoms with Crippen molar-refractivity contribution >= 4 is 15.7 Å². The van der Waals surface area contributed by atoms with E-state index >= 15 is 0 Å². The topological polar surface area (TPSA) is 68.3 Å². The summed E-state index contributed by atoms with van der Waals surface area (Å²) in [7, 11) is -1.95. The molecule has 0 bridgehead atoms. The van der Waals surface area contributed by atoms with Crippen molar-refractivity contribution in [2.24, 2.45) is 0 Å². The Kier molecular flexibility index (Phi) is 4.24. The molecule has 1 aromatic heterocycles. The minimum absolute atomic E-state index is 0.0701. The van der Waals surface area contributed by atoms with Crippen LogP contribution in [0, 0.1) is 6.92 Å². The highest BCUT2D eigenvalue weighted by atomic mass is 32.2. The second-order valence-electron chi connectivity index (χ2n) is 4.44. The number of nitrogens with zero attached hydrogens (tertiary/aromatic N) is 1. The van der Waals surface area contributed by atoms with E-state index in [-0.39, 0.29) is 5.75 Å². The van der Waals surface area contributed by atoms with E-state index in [2.05, 4.69) is 9.71 Å². The van der Waals surface area contributed by atoms with E-state index in [1.807, 2.05) is 19.1 Å². The van der Waals surface area contributed by atoms with Crippen LogP contribution in [0.25, 0.3) is 0 Å². The Balaban J connectivity index is 2.08. The minimum atomic E-state index is -3.45. The van der Waals surface area contributed by atoms with Gasteiger partial charge in [0.1, 0.15) is 0 Å². The van der Waals surface area contributed by atoms with Gasteiger partial charge >= 0.3 is 0 Å². The fraction of sp³-hybridized carbons (Fsp3) is 0.214. The van der Waals surface area contributed by atoms with E-state index in [4.69, 9.17) is 4.74 Å².